The standard InChI is InChI=1S/C30H28N2O3S/c31-26(28(33)32-27(29(34)35)22-13-5-1-6-14-22)21-36-30(23-15-7-2-8-16-23,24-17-9-3-10-18-24)25-19-11-4-12-20-25/h1-20,26-27H,21,31H2,(H,32,33)(H,34,35)/t26-,27?/m0/s1/i/hD. The lowest BCUT2D eigenvalue weighted by molar-refractivity contribution is -0.142. The molecule has 0 radical (unpaired) electrons. The third-order valence-electron chi connectivity index (χ3n) is 5.99. The molecule has 4 N–H and O–H groups in total. The van der Waals surface area contributed by atoms with Crippen LogP contribution in [0, 0.1) is 0 Å². The molecule has 1 amide bonds. The lowest BCUT2D eigenvalue weighted by Crippen LogP contribution is -2.46. The van der Waals surface area contributed by atoms with Gasteiger partial charge in [0.05, 0.1) is 10.8 Å². The first-order valence-electron chi connectivity index (χ1n) is 12.1. The number of carbonyl (C=O) groups excluding carboxylic acids is 1. The number of nitrogens with two attached hydrogens (primary N) is 1. The van der Waals surface area contributed by atoms with Crippen molar-refractivity contribution in [1.29, 1.82) is 0 Å². The summed E-state index contributed by atoms with van der Waals surface area (Å²) in [6.07, 6.45) is 0. The monoisotopic (exact) mass is 497 g/mol. The predicted octanol–water partition coefficient (Wildman–Crippen LogP) is 4.98. The zero-order valence-electron chi connectivity index (χ0n) is 20.6. The molecule has 0 aliphatic rings. The molecule has 4 rings (SSSR count). The van der Waals surface area contributed by atoms with Crippen LogP contribution in [-0.4, -0.2) is 28.8 Å². The maximum absolute atomic E-state index is 13.2. The summed E-state index contributed by atoms with van der Waals surface area (Å²) in [4.78, 5) is 25.1. The maximum Gasteiger partial charge on any atom is 0.330 e. The SMILES string of the molecule is [2H]N[C@@H](CSC(c1ccccc1)(c1ccccc1)c1ccccc1)C(=O)NC(C(=O)O)c1ccccc1. The number of carboxylic acid groups (broad SMARTS) is 1. The van der Waals surface area contributed by atoms with Gasteiger partial charge < -0.3 is 16.2 Å². The molecule has 0 fully saturated rings. The average molecular weight is 498 g/mol. The van der Waals surface area contributed by atoms with Crippen molar-refractivity contribution >= 4 is 23.6 Å². The van der Waals surface area contributed by atoms with Crippen molar-refractivity contribution in [3.63, 3.8) is 0 Å². The summed E-state index contributed by atoms with van der Waals surface area (Å²) in [7, 11) is 0. The lowest BCUT2D eigenvalue weighted by Gasteiger charge is -2.36. The molecule has 0 aliphatic heterocycles. The first-order chi connectivity index (χ1) is 18.1. The van der Waals surface area contributed by atoms with E-state index in [1.165, 1.54) is 11.8 Å². The Morgan fingerprint density at radius 3 is 1.58 bits per heavy atom. The van der Waals surface area contributed by atoms with Gasteiger partial charge in [0.2, 0.25) is 5.91 Å². The van der Waals surface area contributed by atoms with Crippen molar-refractivity contribution in [3.8, 4) is 0 Å². The molecule has 0 saturated carbocycles. The molecule has 0 aliphatic carbocycles. The summed E-state index contributed by atoms with van der Waals surface area (Å²) in [5.41, 5.74) is 5.92. The number of amides is 1. The topological polar surface area (TPSA) is 92.4 Å². The van der Waals surface area contributed by atoms with Crippen molar-refractivity contribution < 1.29 is 16.1 Å². The van der Waals surface area contributed by atoms with Gasteiger partial charge in [-0.05, 0) is 22.3 Å². The number of carbonyl (C=O) groups is 2. The quantitative estimate of drug-likeness (QED) is 0.254. The minimum absolute atomic E-state index is 0.217. The van der Waals surface area contributed by atoms with Gasteiger partial charge >= 0.3 is 5.97 Å². The largest absolute Gasteiger partial charge is 0.479 e. The van der Waals surface area contributed by atoms with Crippen molar-refractivity contribution in [2.24, 2.45) is 5.73 Å². The van der Waals surface area contributed by atoms with E-state index in [1.807, 2.05) is 54.6 Å². The molecule has 1 unspecified atom stereocenters. The first-order valence-corrected chi connectivity index (χ1v) is 12.6. The third kappa shape index (κ3) is 5.51. The van der Waals surface area contributed by atoms with Crippen LogP contribution < -0.4 is 11.0 Å². The Morgan fingerprint density at radius 2 is 1.19 bits per heavy atom. The molecule has 0 spiro atoms. The zero-order valence-corrected chi connectivity index (χ0v) is 20.4. The summed E-state index contributed by atoms with van der Waals surface area (Å²) in [6.45, 7) is 0. The second-order valence-electron chi connectivity index (χ2n) is 8.33. The van der Waals surface area contributed by atoms with E-state index in [0.717, 1.165) is 16.7 Å². The van der Waals surface area contributed by atoms with Crippen LogP contribution in [-0.2, 0) is 14.3 Å². The fraction of sp³-hybridized carbons (Fsp3) is 0.133. The Kier molecular flexibility index (Phi) is 7.76. The van der Waals surface area contributed by atoms with Gasteiger partial charge in [0.15, 0.2) is 6.04 Å². The van der Waals surface area contributed by atoms with E-state index in [0.29, 0.717) is 5.56 Å². The molecule has 6 heteroatoms. The summed E-state index contributed by atoms with van der Waals surface area (Å²) >= 11 is 1.53. The molecule has 0 aromatic heterocycles. The zero-order chi connectivity index (χ0) is 26.1. The Labute approximate surface area is 216 Å². The molecule has 5 nitrogen and oxygen atoms in total. The molecular weight excluding hydrogens is 468 g/mol. The highest BCUT2D eigenvalue weighted by atomic mass is 32.2. The van der Waals surface area contributed by atoms with Crippen LogP contribution in [0.3, 0.4) is 0 Å². The van der Waals surface area contributed by atoms with Gasteiger partial charge in [-0.25, -0.2) is 4.79 Å². The number of aliphatic carboxylic acids is 1. The average Bonchev–Trinajstić information content (AvgIpc) is 2.96. The van der Waals surface area contributed by atoms with E-state index in [2.05, 4.69) is 47.4 Å². The number of benzene rings is 4. The molecule has 0 heterocycles. The Balaban J connectivity index is 1.68. The van der Waals surface area contributed by atoms with Crippen molar-refractivity contribution in [1.82, 2.24) is 5.32 Å². The van der Waals surface area contributed by atoms with Crippen LogP contribution in [0.25, 0.3) is 0 Å². The predicted molar refractivity (Wildman–Crippen MR) is 145 cm³/mol. The fourth-order valence-corrected chi connectivity index (χ4v) is 5.70. The highest BCUT2D eigenvalue weighted by Gasteiger charge is 2.38. The molecule has 0 bridgehead atoms. The molecule has 0 saturated heterocycles. The highest BCUT2D eigenvalue weighted by molar-refractivity contribution is 8.00. The number of rotatable bonds is 11. The van der Waals surface area contributed by atoms with Crippen LogP contribution >= 0.6 is 11.8 Å². The minimum Gasteiger partial charge on any atom is -0.479 e. The van der Waals surface area contributed by atoms with Gasteiger partial charge in [0.1, 0.15) is 1.41 Å². The van der Waals surface area contributed by atoms with Crippen LogP contribution in [0.2, 0.25) is 1.41 Å². The van der Waals surface area contributed by atoms with E-state index in [4.69, 9.17) is 1.41 Å². The van der Waals surface area contributed by atoms with E-state index in [9.17, 15) is 14.7 Å². The van der Waals surface area contributed by atoms with Gasteiger partial charge in [-0.1, -0.05) is 121 Å². The van der Waals surface area contributed by atoms with Gasteiger partial charge in [0.25, 0.3) is 0 Å². The summed E-state index contributed by atoms with van der Waals surface area (Å²) < 4.78 is 7.23. The second-order valence-corrected chi connectivity index (χ2v) is 9.57. The van der Waals surface area contributed by atoms with Gasteiger partial charge in [-0.3, -0.25) is 4.79 Å². The molecule has 4 aromatic rings. The molecule has 4 aromatic carbocycles. The molecular formula is C30H28N2O3S. The van der Waals surface area contributed by atoms with Crippen molar-refractivity contribution in [2.75, 3.05) is 5.75 Å². The van der Waals surface area contributed by atoms with Crippen molar-refractivity contribution in [3.05, 3.63) is 144 Å². The lowest BCUT2D eigenvalue weighted by atomic mass is 9.84. The summed E-state index contributed by atoms with van der Waals surface area (Å²) in [6, 6.07) is 36.6. The number of carboxylic acids is 1. The summed E-state index contributed by atoms with van der Waals surface area (Å²) in [5.74, 6) is -1.50. The van der Waals surface area contributed by atoms with Gasteiger partial charge in [-0.15, -0.1) is 11.8 Å². The molecule has 36 heavy (non-hydrogen) atoms. The first kappa shape index (κ1) is 23.9. The normalized spacial score (nSPS) is 13.3. The number of nitrogens with one attached hydrogen (secondary N) is 1. The van der Waals surface area contributed by atoms with Crippen LogP contribution in [0.4, 0.5) is 0 Å². The Bertz CT molecular complexity index is 1200. The van der Waals surface area contributed by atoms with Crippen LogP contribution in [0.1, 0.15) is 28.3 Å². The smallest absolute Gasteiger partial charge is 0.330 e. The Hall–Kier alpha value is -3.87. The number of hydrogen-bond donors (Lipinski definition) is 3. The third-order valence-corrected chi connectivity index (χ3v) is 7.63. The minimum atomic E-state index is -1.21. The van der Waals surface area contributed by atoms with E-state index in [1.54, 1.807) is 30.3 Å². The van der Waals surface area contributed by atoms with Crippen molar-refractivity contribution in [2.45, 2.75) is 16.8 Å². The second kappa shape index (κ2) is 11.7. The Morgan fingerprint density at radius 1 is 0.778 bits per heavy atom. The summed E-state index contributed by atoms with van der Waals surface area (Å²) in [5, 5.41) is 12.4. The van der Waals surface area contributed by atoms with Gasteiger partial charge in [0, 0.05) is 5.75 Å². The molecule has 182 valence electrons. The van der Waals surface area contributed by atoms with E-state index < -0.39 is 28.7 Å². The van der Waals surface area contributed by atoms with E-state index in [-0.39, 0.29) is 5.75 Å². The fourth-order valence-electron chi connectivity index (χ4n) is 4.23. The highest BCUT2D eigenvalue weighted by Crippen LogP contribution is 2.48. The maximum atomic E-state index is 13.2. The number of thioether (sulfide) groups is 1. The van der Waals surface area contributed by atoms with Gasteiger partial charge in [-0.2, -0.15) is 0 Å². The molecule has 2 atom stereocenters. The van der Waals surface area contributed by atoms with E-state index >= 15 is 0 Å². The van der Waals surface area contributed by atoms with Crippen LogP contribution in [0.5, 0.6) is 0 Å². The number of hydrogen-bond acceptors (Lipinski definition) is 4. The van der Waals surface area contributed by atoms with Crippen LogP contribution in [0.15, 0.2) is 121 Å².